The molecule has 3 N–H and O–H groups in total. The monoisotopic (exact) mass is 629 g/mol. The SMILES string of the molecule is CCS(=O)(=O)n1cc(-c2nc(Nc3ccc(N4CCOCC4)c(OCCCCCCO)c3)ncc2Cl)c2ccc(O)cc21. The van der Waals surface area contributed by atoms with Crippen LogP contribution in [0.4, 0.5) is 17.3 Å². The molecule has 1 aliphatic rings. The molecule has 1 fully saturated rings. The summed E-state index contributed by atoms with van der Waals surface area (Å²) < 4.78 is 38.6. The van der Waals surface area contributed by atoms with Crippen molar-refractivity contribution in [2.24, 2.45) is 0 Å². The van der Waals surface area contributed by atoms with Crippen LogP contribution in [0.2, 0.25) is 5.02 Å². The number of aliphatic hydroxyl groups excluding tert-OH is 1. The van der Waals surface area contributed by atoms with Gasteiger partial charge in [-0.25, -0.2) is 22.4 Å². The summed E-state index contributed by atoms with van der Waals surface area (Å²) in [5, 5.41) is 23.2. The van der Waals surface area contributed by atoms with E-state index in [2.05, 4.69) is 20.2 Å². The molecule has 5 rings (SSSR count). The van der Waals surface area contributed by atoms with Crippen LogP contribution in [0.15, 0.2) is 48.8 Å². The maximum atomic E-state index is 12.8. The Hall–Kier alpha value is -3.58. The number of anilines is 3. The highest BCUT2D eigenvalue weighted by Crippen LogP contribution is 2.37. The number of aromatic nitrogens is 3. The zero-order chi connectivity index (χ0) is 30.4. The topological polar surface area (TPSA) is 139 Å². The summed E-state index contributed by atoms with van der Waals surface area (Å²) >= 11 is 6.55. The number of unbranched alkanes of at least 4 members (excludes halogenated alkanes) is 3. The first kappa shape index (κ1) is 30.9. The number of morpholine rings is 1. The van der Waals surface area contributed by atoms with Gasteiger partial charge in [-0.1, -0.05) is 18.0 Å². The van der Waals surface area contributed by atoms with Gasteiger partial charge in [0.1, 0.15) is 11.5 Å². The fraction of sp³-hybridized carbons (Fsp3) is 0.400. The average molecular weight is 630 g/mol. The third-order valence-electron chi connectivity index (χ3n) is 7.30. The quantitative estimate of drug-likeness (QED) is 0.170. The highest BCUT2D eigenvalue weighted by atomic mass is 35.5. The second kappa shape index (κ2) is 13.8. The summed E-state index contributed by atoms with van der Waals surface area (Å²) in [7, 11) is -3.67. The van der Waals surface area contributed by atoms with Crippen LogP contribution in [0.3, 0.4) is 0 Å². The van der Waals surface area contributed by atoms with E-state index in [0.717, 1.165) is 54.2 Å². The number of fused-ring (bicyclic) bond motifs is 1. The standard InChI is InChI=1S/C30H36ClN5O6S/c1-2-43(39,40)36-20-24(23-9-8-22(38)18-27(23)36)29-25(31)19-32-30(34-29)33-21-7-10-26(35-11-15-41-16-12-35)28(17-21)42-14-6-4-3-5-13-37/h7-10,17-20,37-38H,2-6,11-16H2,1H3,(H,32,33,34). The predicted molar refractivity (Wildman–Crippen MR) is 168 cm³/mol. The van der Waals surface area contributed by atoms with Crippen LogP contribution >= 0.6 is 11.6 Å². The number of nitrogens with one attached hydrogen (secondary N) is 1. The highest BCUT2D eigenvalue weighted by Gasteiger charge is 2.22. The van der Waals surface area contributed by atoms with E-state index in [0.29, 0.717) is 47.7 Å². The molecular formula is C30H36ClN5O6S. The second-order valence-corrected chi connectivity index (χ2v) is 12.8. The number of phenols is 1. The number of nitrogens with zero attached hydrogens (tertiary/aromatic N) is 4. The molecule has 0 aliphatic carbocycles. The van der Waals surface area contributed by atoms with E-state index in [9.17, 15) is 13.5 Å². The van der Waals surface area contributed by atoms with Crippen molar-refractivity contribution in [2.75, 3.05) is 55.5 Å². The zero-order valence-electron chi connectivity index (χ0n) is 24.0. The predicted octanol–water partition coefficient (Wildman–Crippen LogP) is 5.17. The van der Waals surface area contributed by atoms with Gasteiger partial charge in [0.15, 0.2) is 0 Å². The van der Waals surface area contributed by atoms with Crippen molar-refractivity contribution in [3.63, 3.8) is 0 Å². The summed E-state index contributed by atoms with van der Waals surface area (Å²) in [4.78, 5) is 11.3. The third-order valence-corrected chi connectivity index (χ3v) is 9.20. The smallest absolute Gasteiger partial charge is 0.238 e. The molecule has 230 valence electrons. The Morgan fingerprint density at radius 3 is 2.65 bits per heavy atom. The number of hydrogen-bond donors (Lipinski definition) is 3. The van der Waals surface area contributed by atoms with E-state index in [1.54, 1.807) is 13.0 Å². The molecule has 0 bridgehead atoms. The number of halogens is 1. The van der Waals surface area contributed by atoms with Crippen molar-refractivity contribution in [1.82, 2.24) is 13.9 Å². The van der Waals surface area contributed by atoms with Crippen LogP contribution < -0.4 is 15.0 Å². The van der Waals surface area contributed by atoms with Crippen LogP contribution in [0, 0.1) is 0 Å². The molecule has 0 spiro atoms. The second-order valence-electron chi connectivity index (χ2n) is 10.2. The van der Waals surface area contributed by atoms with E-state index in [1.165, 1.54) is 24.5 Å². The first-order chi connectivity index (χ1) is 20.8. The van der Waals surface area contributed by atoms with E-state index >= 15 is 0 Å². The zero-order valence-corrected chi connectivity index (χ0v) is 25.6. The van der Waals surface area contributed by atoms with Crippen molar-refractivity contribution in [3.8, 4) is 22.8 Å². The molecule has 1 saturated heterocycles. The number of ether oxygens (including phenoxy) is 2. The van der Waals surface area contributed by atoms with Crippen LogP contribution in [-0.2, 0) is 14.8 Å². The molecule has 1 aliphatic heterocycles. The van der Waals surface area contributed by atoms with E-state index in [-0.39, 0.29) is 29.1 Å². The van der Waals surface area contributed by atoms with Crippen molar-refractivity contribution >= 4 is 49.9 Å². The molecule has 2 aromatic heterocycles. The first-order valence-electron chi connectivity index (χ1n) is 14.4. The summed E-state index contributed by atoms with van der Waals surface area (Å²) in [6.45, 7) is 5.14. The molecule has 11 nitrogen and oxygen atoms in total. The van der Waals surface area contributed by atoms with Gasteiger partial charge in [-0.05, 0) is 50.5 Å². The van der Waals surface area contributed by atoms with Gasteiger partial charge in [0.05, 0.1) is 53.7 Å². The van der Waals surface area contributed by atoms with Gasteiger partial charge in [0.2, 0.25) is 16.0 Å². The van der Waals surface area contributed by atoms with Gasteiger partial charge in [0.25, 0.3) is 0 Å². The van der Waals surface area contributed by atoms with Gasteiger partial charge in [-0.3, -0.25) is 0 Å². The largest absolute Gasteiger partial charge is 0.508 e. The number of aromatic hydroxyl groups is 1. The van der Waals surface area contributed by atoms with Gasteiger partial charge < -0.3 is 29.9 Å². The number of hydrogen-bond acceptors (Lipinski definition) is 10. The highest BCUT2D eigenvalue weighted by molar-refractivity contribution is 7.90. The maximum Gasteiger partial charge on any atom is 0.238 e. The van der Waals surface area contributed by atoms with Gasteiger partial charge >= 0.3 is 0 Å². The molecule has 3 heterocycles. The van der Waals surface area contributed by atoms with Gasteiger partial charge in [-0.15, -0.1) is 0 Å². The lowest BCUT2D eigenvalue weighted by molar-refractivity contribution is 0.122. The summed E-state index contributed by atoms with van der Waals surface area (Å²) in [6, 6.07) is 10.4. The number of phenolic OH excluding ortho intramolecular Hbond substituents is 1. The normalized spacial score (nSPS) is 13.9. The fourth-order valence-electron chi connectivity index (χ4n) is 5.01. The van der Waals surface area contributed by atoms with Crippen LogP contribution in [0.5, 0.6) is 11.5 Å². The summed E-state index contributed by atoms with van der Waals surface area (Å²) in [6.07, 6.45) is 6.54. The van der Waals surface area contributed by atoms with Crippen molar-refractivity contribution in [2.45, 2.75) is 32.6 Å². The minimum Gasteiger partial charge on any atom is -0.508 e. The summed E-state index contributed by atoms with van der Waals surface area (Å²) in [5.74, 6) is 0.830. The van der Waals surface area contributed by atoms with Crippen LogP contribution in [0.1, 0.15) is 32.6 Å². The lowest BCUT2D eigenvalue weighted by Crippen LogP contribution is -2.36. The molecule has 4 aromatic rings. The van der Waals surface area contributed by atoms with E-state index in [4.69, 9.17) is 26.2 Å². The lowest BCUT2D eigenvalue weighted by Gasteiger charge is -2.30. The maximum absolute atomic E-state index is 12.8. The van der Waals surface area contributed by atoms with E-state index < -0.39 is 10.0 Å². The molecule has 0 atom stereocenters. The Kier molecular flexibility index (Phi) is 9.91. The molecule has 0 saturated carbocycles. The average Bonchev–Trinajstić information content (AvgIpc) is 3.39. The van der Waals surface area contributed by atoms with Crippen molar-refractivity contribution < 1.29 is 28.1 Å². The molecule has 2 aromatic carbocycles. The fourth-order valence-corrected chi connectivity index (χ4v) is 6.20. The van der Waals surface area contributed by atoms with Crippen LogP contribution in [-0.4, -0.2) is 77.8 Å². The number of rotatable bonds is 13. The lowest BCUT2D eigenvalue weighted by atomic mass is 10.1. The molecule has 0 radical (unpaired) electrons. The Morgan fingerprint density at radius 2 is 1.88 bits per heavy atom. The number of aliphatic hydroxyl groups is 1. The van der Waals surface area contributed by atoms with Gasteiger partial charge in [-0.2, -0.15) is 0 Å². The Morgan fingerprint density at radius 1 is 1.09 bits per heavy atom. The third kappa shape index (κ3) is 7.15. The number of benzene rings is 2. The molecular weight excluding hydrogens is 594 g/mol. The first-order valence-corrected chi connectivity index (χ1v) is 16.4. The Balaban J connectivity index is 1.45. The van der Waals surface area contributed by atoms with Crippen molar-refractivity contribution in [1.29, 1.82) is 0 Å². The van der Waals surface area contributed by atoms with Crippen molar-refractivity contribution in [3.05, 3.63) is 53.8 Å². The minimum atomic E-state index is -3.67. The minimum absolute atomic E-state index is 0.0513. The summed E-state index contributed by atoms with van der Waals surface area (Å²) in [5.41, 5.74) is 2.87. The molecule has 13 heteroatoms. The molecule has 43 heavy (non-hydrogen) atoms. The van der Waals surface area contributed by atoms with Gasteiger partial charge in [0, 0.05) is 54.7 Å². The molecule has 0 amide bonds. The van der Waals surface area contributed by atoms with Crippen LogP contribution in [0.25, 0.3) is 22.2 Å². The van der Waals surface area contributed by atoms with E-state index in [1.807, 2.05) is 18.2 Å². The molecule has 0 unspecified atom stereocenters. The Labute approximate surface area is 256 Å². The Bertz CT molecular complexity index is 1670.